The first kappa shape index (κ1) is 24.7. The number of hydrogen-bond acceptors (Lipinski definition) is 3. The molecule has 3 rings (SSSR count). The van der Waals surface area contributed by atoms with Crippen molar-refractivity contribution in [1.82, 2.24) is 10.2 Å². The number of halogens is 3. The Morgan fingerprint density at radius 3 is 2.47 bits per heavy atom. The summed E-state index contributed by atoms with van der Waals surface area (Å²) in [6.45, 7) is 1.62. The van der Waals surface area contributed by atoms with Crippen LogP contribution in [0.15, 0.2) is 42.5 Å². The van der Waals surface area contributed by atoms with Gasteiger partial charge in [-0.25, -0.2) is 0 Å². The number of para-hydroxylation sites is 1. The van der Waals surface area contributed by atoms with E-state index in [1.54, 1.807) is 49.4 Å². The molecule has 5 nitrogen and oxygen atoms in total. The maximum absolute atomic E-state index is 13.2. The Bertz CT molecular complexity index is 948. The number of ether oxygens (including phenoxy) is 1. The fourth-order valence-corrected chi connectivity index (χ4v) is 4.43. The molecule has 1 aliphatic carbocycles. The van der Waals surface area contributed by atoms with Crippen LogP contribution in [0.2, 0.25) is 15.1 Å². The Morgan fingerprint density at radius 2 is 1.78 bits per heavy atom. The number of nitrogens with zero attached hydrogens (tertiary/aromatic N) is 1. The van der Waals surface area contributed by atoms with Gasteiger partial charge in [-0.05, 0) is 49.6 Å². The average Bonchev–Trinajstić information content (AvgIpc) is 2.78. The SMILES string of the molecule is C[C@H](C(=O)NC1CCCCC1)N(Cc1ccc(Cl)cc1Cl)C(=O)COc1ccccc1Cl. The minimum absolute atomic E-state index is 0.147. The second-order valence-electron chi connectivity index (χ2n) is 8.00. The van der Waals surface area contributed by atoms with Gasteiger partial charge in [0.25, 0.3) is 5.91 Å². The van der Waals surface area contributed by atoms with Crippen molar-refractivity contribution in [3.05, 3.63) is 63.1 Å². The molecule has 1 N–H and O–H groups in total. The van der Waals surface area contributed by atoms with Crippen LogP contribution in [0.3, 0.4) is 0 Å². The predicted molar refractivity (Wildman–Crippen MR) is 128 cm³/mol. The lowest BCUT2D eigenvalue weighted by atomic mass is 9.95. The third kappa shape index (κ3) is 6.77. The van der Waals surface area contributed by atoms with Gasteiger partial charge in [0.05, 0.1) is 5.02 Å². The Labute approximate surface area is 204 Å². The Morgan fingerprint density at radius 1 is 1.06 bits per heavy atom. The molecule has 2 aromatic rings. The summed E-state index contributed by atoms with van der Waals surface area (Å²) < 4.78 is 5.64. The third-order valence-corrected chi connectivity index (χ3v) is 6.56. The summed E-state index contributed by atoms with van der Waals surface area (Å²) >= 11 is 18.5. The second kappa shape index (κ2) is 11.8. The molecule has 2 aromatic carbocycles. The van der Waals surface area contributed by atoms with Crippen LogP contribution in [0.1, 0.15) is 44.6 Å². The molecular formula is C24H27Cl3N2O3. The largest absolute Gasteiger partial charge is 0.482 e. The summed E-state index contributed by atoms with van der Waals surface area (Å²) in [4.78, 5) is 27.6. The molecule has 32 heavy (non-hydrogen) atoms. The van der Waals surface area contributed by atoms with Gasteiger partial charge in [0.2, 0.25) is 5.91 Å². The van der Waals surface area contributed by atoms with E-state index >= 15 is 0 Å². The van der Waals surface area contributed by atoms with E-state index in [1.807, 2.05) is 0 Å². The van der Waals surface area contributed by atoms with Gasteiger partial charge in [0.1, 0.15) is 11.8 Å². The highest BCUT2D eigenvalue weighted by molar-refractivity contribution is 6.35. The maximum Gasteiger partial charge on any atom is 0.261 e. The lowest BCUT2D eigenvalue weighted by Crippen LogP contribution is -2.51. The average molecular weight is 498 g/mol. The van der Waals surface area contributed by atoms with Gasteiger partial charge in [-0.2, -0.15) is 0 Å². The number of rotatable bonds is 8. The first-order valence-corrected chi connectivity index (χ1v) is 11.9. The molecule has 8 heteroatoms. The van der Waals surface area contributed by atoms with E-state index < -0.39 is 6.04 Å². The molecule has 2 amide bonds. The van der Waals surface area contributed by atoms with Crippen molar-refractivity contribution in [2.75, 3.05) is 6.61 Å². The van der Waals surface area contributed by atoms with E-state index in [9.17, 15) is 9.59 Å². The van der Waals surface area contributed by atoms with Crippen LogP contribution in [-0.2, 0) is 16.1 Å². The molecule has 1 aliphatic rings. The summed E-state index contributed by atoms with van der Waals surface area (Å²) in [5.41, 5.74) is 0.694. The fourth-order valence-electron chi connectivity index (χ4n) is 3.77. The topological polar surface area (TPSA) is 58.6 Å². The number of carbonyl (C=O) groups is 2. The Hall–Kier alpha value is -1.95. The molecular weight excluding hydrogens is 471 g/mol. The van der Waals surface area contributed by atoms with E-state index in [-0.39, 0.29) is 31.0 Å². The van der Waals surface area contributed by atoms with Gasteiger partial charge >= 0.3 is 0 Å². The summed E-state index contributed by atoms with van der Waals surface area (Å²) in [7, 11) is 0. The monoisotopic (exact) mass is 496 g/mol. The number of nitrogens with one attached hydrogen (secondary N) is 1. The third-order valence-electron chi connectivity index (χ3n) is 5.66. The molecule has 0 aromatic heterocycles. The minimum atomic E-state index is -0.703. The van der Waals surface area contributed by atoms with E-state index in [4.69, 9.17) is 39.5 Å². The highest BCUT2D eigenvalue weighted by atomic mass is 35.5. The van der Waals surface area contributed by atoms with Gasteiger partial charge in [0.15, 0.2) is 6.61 Å². The highest BCUT2D eigenvalue weighted by Crippen LogP contribution is 2.25. The van der Waals surface area contributed by atoms with Crippen LogP contribution in [0, 0.1) is 0 Å². The van der Waals surface area contributed by atoms with Crippen molar-refractivity contribution < 1.29 is 14.3 Å². The second-order valence-corrected chi connectivity index (χ2v) is 9.25. The Balaban J connectivity index is 1.75. The first-order chi connectivity index (χ1) is 15.3. The van der Waals surface area contributed by atoms with Crippen molar-refractivity contribution in [1.29, 1.82) is 0 Å². The van der Waals surface area contributed by atoms with Crippen molar-refractivity contribution in [2.24, 2.45) is 0 Å². The van der Waals surface area contributed by atoms with Crippen LogP contribution < -0.4 is 10.1 Å². The molecule has 1 saturated carbocycles. The molecule has 0 unspecified atom stereocenters. The molecule has 0 spiro atoms. The van der Waals surface area contributed by atoms with Gasteiger partial charge in [-0.15, -0.1) is 0 Å². The zero-order chi connectivity index (χ0) is 23.1. The summed E-state index contributed by atoms with van der Waals surface area (Å²) in [5, 5.41) is 4.44. The molecule has 0 radical (unpaired) electrons. The number of benzene rings is 2. The fraction of sp³-hybridized carbons (Fsp3) is 0.417. The predicted octanol–water partition coefficient (Wildman–Crippen LogP) is 5.89. The van der Waals surface area contributed by atoms with Crippen LogP contribution in [0.4, 0.5) is 0 Å². The lowest BCUT2D eigenvalue weighted by molar-refractivity contribution is -0.142. The quantitative estimate of drug-likeness (QED) is 0.494. The molecule has 0 heterocycles. The summed E-state index contributed by atoms with van der Waals surface area (Å²) in [6, 6.07) is 11.5. The smallest absolute Gasteiger partial charge is 0.261 e. The van der Waals surface area contributed by atoms with Crippen LogP contribution >= 0.6 is 34.8 Å². The van der Waals surface area contributed by atoms with Crippen molar-refractivity contribution in [2.45, 2.75) is 57.7 Å². The Kier molecular flexibility index (Phi) is 9.09. The standard InChI is InChI=1S/C24H27Cl3N2O3/c1-16(24(31)28-19-7-3-2-4-8-19)29(14-17-11-12-18(25)13-21(17)27)23(30)15-32-22-10-6-5-9-20(22)26/h5-6,9-13,16,19H,2-4,7-8,14-15H2,1H3,(H,28,31)/t16-/m1/s1. The number of carbonyl (C=O) groups excluding carboxylic acids is 2. The highest BCUT2D eigenvalue weighted by Gasteiger charge is 2.29. The maximum atomic E-state index is 13.2. The molecule has 1 atom stereocenters. The van der Waals surface area contributed by atoms with E-state index in [1.165, 1.54) is 11.3 Å². The molecule has 1 fully saturated rings. The van der Waals surface area contributed by atoms with Crippen molar-refractivity contribution in [3.8, 4) is 5.75 Å². The molecule has 0 bridgehead atoms. The van der Waals surface area contributed by atoms with Gasteiger partial charge in [-0.1, -0.05) is 72.3 Å². The van der Waals surface area contributed by atoms with E-state index in [0.717, 1.165) is 25.7 Å². The van der Waals surface area contributed by atoms with Gasteiger partial charge in [-0.3, -0.25) is 9.59 Å². The molecule has 0 saturated heterocycles. The summed E-state index contributed by atoms with van der Waals surface area (Å²) in [6.07, 6.45) is 5.33. The lowest BCUT2D eigenvalue weighted by Gasteiger charge is -2.31. The zero-order valence-electron chi connectivity index (χ0n) is 18.0. The molecule has 0 aliphatic heterocycles. The minimum Gasteiger partial charge on any atom is -0.482 e. The van der Waals surface area contributed by atoms with E-state index in [2.05, 4.69) is 5.32 Å². The normalized spacial score (nSPS) is 15.1. The van der Waals surface area contributed by atoms with Crippen molar-refractivity contribution >= 4 is 46.6 Å². The molecule has 172 valence electrons. The van der Waals surface area contributed by atoms with Crippen LogP contribution in [0.25, 0.3) is 0 Å². The summed E-state index contributed by atoms with van der Waals surface area (Å²) in [5.74, 6) is -0.124. The van der Waals surface area contributed by atoms with Crippen LogP contribution in [-0.4, -0.2) is 35.4 Å². The number of hydrogen-bond donors (Lipinski definition) is 1. The first-order valence-electron chi connectivity index (χ1n) is 10.8. The van der Waals surface area contributed by atoms with Gasteiger partial charge < -0.3 is 15.0 Å². The zero-order valence-corrected chi connectivity index (χ0v) is 20.2. The van der Waals surface area contributed by atoms with Crippen LogP contribution in [0.5, 0.6) is 5.75 Å². The van der Waals surface area contributed by atoms with E-state index in [0.29, 0.717) is 26.4 Å². The van der Waals surface area contributed by atoms with Gasteiger partial charge in [0, 0.05) is 22.6 Å². The van der Waals surface area contributed by atoms with Crippen molar-refractivity contribution in [3.63, 3.8) is 0 Å². The number of amides is 2.